The Morgan fingerprint density at radius 2 is 1.60 bits per heavy atom. The van der Waals surface area contributed by atoms with E-state index in [-0.39, 0.29) is 23.3 Å². The summed E-state index contributed by atoms with van der Waals surface area (Å²) in [6.45, 7) is 2.74. The zero-order chi connectivity index (χ0) is 17.8. The summed E-state index contributed by atoms with van der Waals surface area (Å²) >= 11 is 3.28. The van der Waals surface area contributed by atoms with Crippen LogP contribution in [-0.4, -0.2) is 47.8 Å². The number of carbonyl (C=O) groups is 2. The van der Waals surface area contributed by atoms with Crippen LogP contribution in [0.3, 0.4) is 0 Å². The molecule has 2 aliphatic heterocycles. The van der Waals surface area contributed by atoms with Crippen molar-refractivity contribution in [1.29, 1.82) is 0 Å². The summed E-state index contributed by atoms with van der Waals surface area (Å²) in [6, 6.07) is 4.40. The average molecular weight is 411 g/mol. The molecule has 2 saturated heterocycles. The van der Waals surface area contributed by atoms with Crippen molar-refractivity contribution in [3.05, 3.63) is 34.1 Å². The third-order valence-electron chi connectivity index (χ3n) is 5.21. The fourth-order valence-corrected chi connectivity index (χ4v) is 4.07. The van der Waals surface area contributed by atoms with Gasteiger partial charge < -0.3 is 9.80 Å². The summed E-state index contributed by atoms with van der Waals surface area (Å²) < 4.78 is 14.6. The van der Waals surface area contributed by atoms with Crippen LogP contribution >= 0.6 is 15.9 Å². The van der Waals surface area contributed by atoms with E-state index < -0.39 is 5.82 Å². The molecule has 3 rings (SSSR count). The Hall–Kier alpha value is -1.43. The van der Waals surface area contributed by atoms with E-state index in [1.807, 2.05) is 4.90 Å². The molecular formula is C19H24BrFN2O2. The number of hydrogen-bond acceptors (Lipinski definition) is 2. The van der Waals surface area contributed by atoms with E-state index in [1.54, 1.807) is 11.0 Å². The van der Waals surface area contributed by atoms with Crippen molar-refractivity contribution in [1.82, 2.24) is 9.80 Å². The third kappa shape index (κ3) is 4.40. The van der Waals surface area contributed by atoms with Crippen molar-refractivity contribution < 1.29 is 14.0 Å². The Kier molecular flexibility index (Phi) is 6.10. The van der Waals surface area contributed by atoms with Gasteiger partial charge in [0, 0.05) is 36.6 Å². The Morgan fingerprint density at radius 1 is 0.960 bits per heavy atom. The van der Waals surface area contributed by atoms with Gasteiger partial charge >= 0.3 is 0 Å². The van der Waals surface area contributed by atoms with Gasteiger partial charge in [-0.1, -0.05) is 28.8 Å². The average Bonchev–Trinajstić information content (AvgIpc) is 2.92. The van der Waals surface area contributed by atoms with Crippen LogP contribution in [0.4, 0.5) is 4.39 Å². The predicted octanol–water partition coefficient (Wildman–Crippen LogP) is 3.84. The van der Waals surface area contributed by atoms with E-state index in [4.69, 9.17) is 0 Å². The van der Waals surface area contributed by atoms with Gasteiger partial charge in [0.2, 0.25) is 5.91 Å². The summed E-state index contributed by atoms with van der Waals surface area (Å²) in [7, 11) is 0. The highest BCUT2D eigenvalue weighted by Crippen LogP contribution is 2.24. The van der Waals surface area contributed by atoms with E-state index in [0.717, 1.165) is 25.9 Å². The summed E-state index contributed by atoms with van der Waals surface area (Å²) in [4.78, 5) is 28.9. The number of benzene rings is 1. The number of likely N-dealkylation sites (tertiary alicyclic amines) is 2. The smallest absolute Gasteiger partial charge is 0.256 e. The lowest BCUT2D eigenvalue weighted by molar-refractivity contribution is -0.136. The van der Waals surface area contributed by atoms with Crippen molar-refractivity contribution in [3.63, 3.8) is 0 Å². The fourth-order valence-electron chi connectivity index (χ4n) is 3.71. The first-order chi connectivity index (χ1) is 12.1. The molecule has 2 heterocycles. The minimum Gasteiger partial charge on any atom is -0.342 e. The molecule has 0 N–H and O–H groups in total. The molecule has 4 nitrogen and oxygen atoms in total. The molecule has 0 saturated carbocycles. The summed E-state index contributed by atoms with van der Waals surface area (Å²) in [5, 5.41) is 0. The Balaban J connectivity index is 1.58. The maximum atomic E-state index is 13.9. The maximum Gasteiger partial charge on any atom is 0.256 e. The van der Waals surface area contributed by atoms with Gasteiger partial charge in [0.05, 0.1) is 5.56 Å². The lowest BCUT2D eigenvalue weighted by Crippen LogP contribution is -2.44. The molecule has 0 atom stereocenters. The Bertz CT molecular complexity index is 636. The monoisotopic (exact) mass is 410 g/mol. The Labute approximate surface area is 156 Å². The van der Waals surface area contributed by atoms with Crippen molar-refractivity contribution >= 4 is 27.7 Å². The zero-order valence-electron chi connectivity index (χ0n) is 14.3. The lowest BCUT2D eigenvalue weighted by atomic mass is 9.94. The fraction of sp³-hybridized carbons (Fsp3) is 0.579. The lowest BCUT2D eigenvalue weighted by Gasteiger charge is -2.34. The number of nitrogens with zero attached hydrogens (tertiary/aromatic N) is 2. The van der Waals surface area contributed by atoms with Crippen LogP contribution in [0, 0.1) is 11.7 Å². The summed E-state index contributed by atoms with van der Waals surface area (Å²) in [6.07, 6.45) is 5.91. The molecule has 6 heteroatoms. The molecule has 2 fully saturated rings. The van der Waals surface area contributed by atoms with Gasteiger partial charge in [0.25, 0.3) is 5.91 Å². The summed E-state index contributed by atoms with van der Waals surface area (Å²) in [5.41, 5.74) is 0.0895. The quantitative estimate of drug-likeness (QED) is 0.742. The van der Waals surface area contributed by atoms with Crippen LogP contribution in [-0.2, 0) is 4.79 Å². The number of rotatable bonds is 2. The first kappa shape index (κ1) is 18.4. The molecule has 0 aromatic heterocycles. The normalized spacial score (nSPS) is 19.6. The highest BCUT2D eigenvalue weighted by Gasteiger charge is 2.31. The van der Waals surface area contributed by atoms with Crippen LogP contribution in [0.2, 0.25) is 0 Å². The summed E-state index contributed by atoms with van der Waals surface area (Å²) in [5.74, 6) is -0.562. The van der Waals surface area contributed by atoms with E-state index in [0.29, 0.717) is 30.4 Å². The van der Waals surface area contributed by atoms with Gasteiger partial charge in [0.15, 0.2) is 0 Å². The van der Waals surface area contributed by atoms with Crippen molar-refractivity contribution in [3.8, 4) is 0 Å². The second-order valence-electron chi connectivity index (χ2n) is 6.93. The van der Waals surface area contributed by atoms with Crippen LogP contribution in [0.1, 0.15) is 48.9 Å². The van der Waals surface area contributed by atoms with Crippen LogP contribution in [0.25, 0.3) is 0 Å². The van der Waals surface area contributed by atoms with Crippen LogP contribution in [0.15, 0.2) is 22.7 Å². The zero-order valence-corrected chi connectivity index (χ0v) is 15.9. The molecule has 0 aliphatic carbocycles. The molecular weight excluding hydrogens is 387 g/mol. The van der Waals surface area contributed by atoms with Crippen LogP contribution in [0.5, 0.6) is 0 Å². The molecule has 0 unspecified atom stereocenters. The molecule has 0 spiro atoms. The highest BCUT2D eigenvalue weighted by molar-refractivity contribution is 9.10. The molecule has 0 radical (unpaired) electrons. The van der Waals surface area contributed by atoms with E-state index in [2.05, 4.69) is 15.9 Å². The highest BCUT2D eigenvalue weighted by atomic mass is 79.9. The number of hydrogen-bond donors (Lipinski definition) is 0. The number of halogens is 2. The molecule has 1 aromatic carbocycles. The van der Waals surface area contributed by atoms with E-state index in [1.165, 1.54) is 25.0 Å². The molecule has 0 bridgehead atoms. The second kappa shape index (κ2) is 8.30. The number of piperidine rings is 1. The maximum absolute atomic E-state index is 13.9. The van der Waals surface area contributed by atoms with Crippen LogP contribution < -0.4 is 0 Å². The largest absolute Gasteiger partial charge is 0.342 e. The molecule has 2 aliphatic rings. The number of amides is 2. The van der Waals surface area contributed by atoms with Gasteiger partial charge in [-0.15, -0.1) is 0 Å². The minimum absolute atomic E-state index is 0.00509. The van der Waals surface area contributed by atoms with Gasteiger partial charge in [-0.25, -0.2) is 4.39 Å². The number of carbonyl (C=O) groups excluding carboxylic acids is 2. The van der Waals surface area contributed by atoms with E-state index >= 15 is 0 Å². The topological polar surface area (TPSA) is 40.6 Å². The molecule has 25 heavy (non-hydrogen) atoms. The van der Waals surface area contributed by atoms with Gasteiger partial charge in [-0.05, 0) is 43.9 Å². The van der Waals surface area contributed by atoms with Gasteiger partial charge in [0.1, 0.15) is 5.82 Å². The minimum atomic E-state index is -0.504. The first-order valence-corrected chi connectivity index (χ1v) is 9.88. The van der Waals surface area contributed by atoms with Crippen molar-refractivity contribution in [2.75, 3.05) is 26.2 Å². The van der Waals surface area contributed by atoms with Gasteiger partial charge in [-0.3, -0.25) is 9.59 Å². The third-order valence-corrected chi connectivity index (χ3v) is 5.70. The van der Waals surface area contributed by atoms with Crippen molar-refractivity contribution in [2.24, 2.45) is 5.92 Å². The molecule has 1 aromatic rings. The SMILES string of the molecule is O=C(c1cc(Br)ccc1F)N1CCC(C(=O)N2CCCCCC2)CC1. The Morgan fingerprint density at radius 3 is 2.24 bits per heavy atom. The predicted molar refractivity (Wildman–Crippen MR) is 97.8 cm³/mol. The van der Waals surface area contributed by atoms with Crippen molar-refractivity contribution in [2.45, 2.75) is 38.5 Å². The van der Waals surface area contributed by atoms with Gasteiger partial charge in [-0.2, -0.15) is 0 Å². The molecule has 2 amide bonds. The molecule has 136 valence electrons. The second-order valence-corrected chi connectivity index (χ2v) is 7.85. The van der Waals surface area contributed by atoms with E-state index in [9.17, 15) is 14.0 Å². The standard InChI is InChI=1S/C19H24BrFN2O2/c20-15-5-6-17(21)16(13-15)19(25)23-11-7-14(8-12-23)18(24)22-9-3-1-2-4-10-22/h5-6,13-14H,1-4,7-12H2. The first-order valence-electron chi connectivity index (χ1n) is 9.09.